The summed E-state index contributed by atoms with van der Waals surface area (Å²) in [6, 6.07) is 0. The molecule has 0 spiro atoms. The summed E-state index contributed by atoms with van der Waals surface area (Å²) in [6.45, 7) is 4.68. The number of halogens is 3. The van der Waals surface area contributed by atoms with E-state index in [1.807, 2.05) is 13.8 Å². The summed E-state index contributed by atoms with van der Waals surface area (Å²) in [5, 5.41) is 11.7. The molecule has 1 aliphatic heterocycles. The Kier molecular flexibility index (Phi) is 4.26. The maximum atomic E-state index is 12.8. The number of hydrogen-bond acceptors (Lipinski definition) is 6. The second kappa shape index (κ2) is 6.06. The molecule has 3 heterocycles. The zero-order valence-electron chi connectivity index (χ0n) is 12.8. The average Bonchev–Trinajstić information content (AvgIpc) is 3.10. The molecule has 2 aromatic heterocycles. The number of fused-ring (bicyclic) bond motifs is 1. The summed E-state index contributed by atoms with van der Waals surface area (Å²) in [5.41, 5.74) is 0. The lowest BCUT2D eigenvalue weighted by molar-refractivity contribution is -0.179. The van der Waals surface area contributed by atoms with E-state index in [1.54, 1.807) is 4.57 Å². The molecule has 0 fully saturated rings. The first-order chi connectivity index (χ1) is 10.8. The van der Waals surface area contributed by atoms with Gasteiger partial charge >= 0.3 is 6.18 Å². The maximum Gasteiger partial charge on any atom is 0.392 e. The van der Waals surface area contributed by atoms with Gasteiger partial charge in [-0.1, -0.05) is 13.8 Å². The second-order valence-electron chi connectivity index (χ2n) is 5.88. The predicted octanol–water partition coefficient (Wildman–Crippen LogP) is 2.99. The lowest BCUT2D eigenvalue weighted by Gasteiger charge is -2.25. The van der Waals surface area contributed by atoms with E-state index in [2.05, 4.69) is 24.9 Å². The molecule has 0 aromatic carbocycles. The minimum Gasteiger partial charge on any atom is -0.353 e. The first-order valence-corrected chi connectivity index (χ1v) is 8.17. The van der Waals surface area contributed by atoms with Gasteiger partial charge in [0.25, 0.3) is 0 Å². The van der Waals surface area contributed by atoms with Crippen LogP contribution in [0.5, 0.6) is 0 Å². The van der Waals surface area contributed by atoms with E-state index in [4.69, 9.17) is 0 Å². The molecular weight excluding hydrogens is 329 g/mol. The molecule has 0 saturated heterocycles. The van der Waals surface area contributed by atoms with Gasteiger partial charge in [0.15, 0.2) is 5.82 Å². The van der Waals surface area contributed by atoms with E-state index in [0.29, 0.717) is 23.3 Å². The number of anilines is 1. The molecule has 10 heteroatoms. The Bertz CT molecular complexity index is 678. The first kappa shape index (κ1) is 16.2. The van der Waals surface area contributed by atoms with Gasteiger partial charge in [0, 0.05) is 30.4 Å². The van der Waals surface area contributed by atoms with Crippen molar-refractivity contribution < 1.29 is 13.2 Å². The molecular formula is C13H17F3N6S. The third-order valence-corrected chi connectivity index (χ3v) is 4.54. The van der Waals surface area contributed by atoms with E-state index in [-0.39, 0.29) is 25.3 Å². The van der Waals surface area contributed by atoms with Crippen molar-refractivity contribution in [2.45, 2.75) is 51.9 Å². The number of rotatable bonds is 4. The molecule has 0 unspecified atom stereocenters. The third kappa shape index (κ3) is 3.46. The Morgan fingerprint density at radius 2 is 2.13 bits per heavy atom. The fraction of sp³-hybridized carbons (Fsp3) is 0.692. The minimum absolute atomic E-state index is 0.0673. The first-order valence-electron chi connectivity index (χ1n) is 7.39. The summed E-state index contributed by atoms with van der Waals surface area (Å²) >= 11 is 1.26. The van der Waals surface area contributed by atoms with Gasteiger partial charge in [-0.2, -0.15) is 17.5 Å². The number of hydrogen-bond donors (Lipinski definition) is 1. The van der Waals surface area contributed by atoms with E-state index >= 15 is 0 Å². The van der Waals surface area contributed by atoms with Gasteiger partial charge in [-0.25, -0.2) is 4.98 Å². The largest absolute Gasteiger partial charge is 0.392 e. The molecule has 126 valence electrons. The van der Waals surface area contributed by atoms with Crippen LogP contribution in [0.1, 0.15) is 43.7 Å². The van der Waals surface area contributed by atoms with Crippen molar-refractivity contribution in [3.63, 3.8) is 0 Å². The summed E-state index contributed by atoms with van der Waals surface area (Å²) in [4.78, 5) is 4.36. The molecule has 0 aliphatic carbocycles. The quantitative estimate of drug-likeness (QED) is 0.922. The van der Waals surface area contributed by atoms with Crippen LogP contribution in [-0.2, 0) is 19.5 Å². The average molecular weight is 346 g/mol. The van der Waals surface area contributed by atoms with Crippen LogP contribution in [-0.4, -0.2) is 30.3 Å². The highest BCUT2D eigenvalue weighted by atomic mass is 32.1. The molecule has 23 heavy (non-hydrogen) atoms. The van der Waals surface area contributed by atoms with Crippen LogP contribution in [0.4, 0.5) is 18.3 Å². The lowest BCUT2D eigenvalue weighted by atomic mass is 9.97. The summed E-state index contributed by atoms with van der Waals surface area (Å²) in [5.74, 6) is 0.727. The van der Waals surface area contributed by atoms with Crippen LogP contribution in [0.25, 0.3) is 0 Å². The van der Waals surface area contributed by atoms with Crippen LogP contribution < -0.4 is 5.32 Å². The highest BCUT2D eigenvalue weighted by molar-refractivity contribution is 7.09. The minimum atomic E-state index is -4.17. The topological polar surface area (TPSA) is 68.5 Å². The molecule has 3 rings (SSSR count). The van der Waals surface area contributed by atoms with Crippen LogP contribution in [0.3, 0.4) is 0 Å². The number of nitrogens with zero attached hydrogens (tertiary/aromatic N) is 5. The van der Waals surface area contributed by atoms with E-state index < -0.39 is 12.1 Å². The van der Waals surface area contributed by atoms with Gasteiger partial charge in [0.05, 0.1) is 12.5 Å². The molecule has 0 bridgehead atoms. The summed E-state index contributed by atoms with van der Waals surface area (Å²) < 4.78 is 44.4. The highest BCUT2D eigenvalue weighted by Crippen LogP contribution is 2.34. The summed E-state index contributed by atoms with van der Waals surface area (Å²) in [6.07, 6.45) is -4.21. The zero-order chi connectivity index (χ0) is 16.6. The molecule has 1 aliphatic rings. The lowest BCUT2D eigenvalue weighted by Crippen LogP contribution is -2.31. The fourth-order valence-corrected chi connectivity index (χ4v) is 3.20. The molecule has 1 atom stereocenters. The molecule has 0 radical (unpaired) electrons. The Hall–Kier alpha value is -1.71. The normalized spacial score (nSPS) is 18.3. The standard InChI is InChI=1S/C13H17F3N6S/c1-7(2)11-18-12(23-21-11)17-6-10-20-19-9-5-8(13(14,15)16)3-4-22(9)10/h7-8H,3-6H2,1-2H3,(H,17,18,21)/t8-/m0/s1. The van der Waals surface area contributed by atoms with Crippen molar-refractivity contribution in [2.24, 2.45) is 5.92 Å². The van der Waals surface area contributed by atoms with E-state index in [1.165, 1.54) is 11.5 Å². The van der Waals surface area contributed by atoms with Gasteiger partial charge in [-0.15, -0.1) is 10.2 Å². The third-order valence-electron chi connectivity index (χ3n) is 3.85. The molecule has 0 saturated carbocycles. The number of alkyl halides is 3. The van der Waals surface area contributed by atoms with Gasteiger partial charge in [0.1, 0.15) is 11.6 Å². The number of aromatic nitrogens is 5. The van der Waals surface area contributed by atoms with E-state index in [0.717, 1.165) is 5.82 Å². The van der Waals surface area contributed by atoms with Gasteiger partial charge in [-0.3, -0.25) is 0 Å². The van der Waals surface area contributed by atoms with Crippen molar-refractivity contribution in [3.8, 4) is 0 Å². The maximum absolute atomic E-state index is 12.8. The van der Waals surface area contributed by atoms with Crippen molar-refractivity contribution >= 4 is 16.7 Å². The van der Waals surface area contributed by atoms with E-state index in [9.17, 15) is 13.2 Å². The molecule has 1 N–H and O–H groups in total. The Labute approximate surface area is 135 Å². The fourth-order valence-electron chi connectivity index (χ4n) is 2.49. The Morgan fingerprint density at radius 1 is 1.35 bits per heavy atom. The second-order valence-corrected chi connectivity index (χ2v) is 6.63. The van der Waals surface area contributed by atoms with Crippen LogP contribution >= 0.6 is 11.5 Å². The Morgan fingerprint density at radius 3 is 2.78 bits per heavy atom. The van der Waals surface area contributed by atoms with Crippen molar-refractivity contribution in [1.82, 2.24) is 24.1 Å². The van der Waals surface area contributed by atoms with Crippen molar-refractivity contribution in [3.05, 3.63) is 17.5 Å². The highest BCUT2D eigenvalue weighted by Gasteiger charge is 2.42. The zero-order valence-corrected chi connectivity index (χ0v) is 13.6. The van der Waals surface area contributed by atoms with Crippen LogP contribution in [0.15, 0.2) is 0 Å². The molecule has 2 aromatic rings. The molecule has 0 amide bonds. The molecule has 6 nitrogen and oxygen atoms in total. The monoisotopic (exact) mass is 346 g/mol. The number of nitrogens with one attached hydrogen (secondary N) is 1. The van der Waals surface area contributed by atoms with Crippen molar-refractivity contribution in [2.75, 3.05) is 5.32 Å². The SMILES string of the molecule is CC(C)c1nsc(NCc2nnc3n2CC[C@H](C(F)(F)F)C3)n1. The Balaban J connectivity index is 1.65. The summed E-state index contributed by atoms with van der Waals surface area (Å²) in [7, 11) is 0. The van der Waals surface area contributed by atoms with Gasteiger partial charge in [-0.05, 0) is 6.42 Å². The smallest absolute Gasteiger partial charge is 0.353 e. The van der Waals surface area contributed by atoms with Gasteiger partial charge in [0.2, 0.25) is 5.13 Å². The van der Waals surface area contributed by atoms with Crippen LogP contribution in [0, 0.1) is 5.92 Å². The predicted molar refractivity (Wildman–Crippen MR) is 79.2 cm³/mol. The van der Waals surface area contributed by atoms with Crippen molar-refractivity contribution in [1.29, 1.82) is 0 Å². The van der Waals surface area contributed by atoms with Crippen LogP contribution in [0.2, 0.25) is 0 Å². The van der Waals surface area contributed by atoms with Gasteiger partial charge < -0.3 is 9.88 Å².